The number of likely N-dealkylation sites (N-methyl/N-ethyl adjacent to an activating group) is 1. The van der Waals surface area contributed by atoms with Gasteiger partial charge in [-0.3, -0.25) is 14.6 Å². The molecule has 4 aliphatic rings. The second-order valence-electron chi connectivity index (χ2n) is 11.5. The van der Waals surface area contributed by atoms with Gasteiger partial charge in [-0.05, 0) is 57.0 Å². The summed E-state index contributed by atoms with van der Waals surface area (Å²) in [6.45, 7) is 14.9. The Morgan fingerprint density at radius 3 is 2.42 bits per heavy atom. The summed E-state index contributed by atoms with van der Waals surface area (Å²) in [5, 5.41) is 4.67. The van der Waals surface area contributed by atoms with Crippen LogP contribution in [-0.2, 0) is 4.79 Å². The molecule has 36 heavy (non-hydrogen) atoms. The fourth-order valence-electron chi connectivity index (χ4n) is 6.37. The number of carbonyl (C=O) groups is 1. The van der Waals surface area contributed by atoms with Crippen LogP contribution in [0, 0.1) is 5.92 Å². The Morgan fingerprint density at radius 1 is 1.00 bits per heavy atom. The molecular formula is C29H40N6O. The Bertz CT molecular complexity index is 1120. The molecule has 0 bridgehead atoms. The van der Waals surface area contributed by atoms with Crippen LogP contribution < -0.4 is 4.90 Å². The number of amides is 1. The van der Waals surface area contributed by atoms with Gasteiger partial charge in [0.1, 0.15) is 0 Å². The van der Waals surface area contributed by atoms with Crippen molar-refractivity contribution in [3.05, 3.63) is 42.2 Å². The maximum Gasteiger partial charge on any atom is 0.225 e. The molecule has 2 saturated heterocycles. The molecule has 1 aliphatic carbocycles. The van der Waals surface area contributed by atoms with E-state index in [0.717, 1.165) is 71.6 Å². The molecule has 7 heteroatoms. The summed E-state index contributed by atoms with van der Waals surface area (Å²) in [6.07, 6.45) is 7.32. The molecule has 1 unspecified atom stereocenters. The zero-order valence-electron chi connectivity index (χ0n) is 22.1. The van der Waals surface area contributed by atoms with Crippen molar-refractivity contribution in [3.8, 4) is 11.1 Å². The van der Waals surface area contributed by atoms with Crippen LogP contribution in [0.4, 0.5) is 5.69 Å². The van der Waals surface area contributed by atoms with E-state index >= 15 is 0 Å². The first-order chi connectivity index (χ1) is 17.4. The molecule has 192 valence electrons. The zero-order valence-corrected chi connectivity index (χ0v) is 22.1. The van der Waals surface area contributed by atoms with Gasteiger partial charge < -0.3 is 9.80 Å². The third-order valence-corrected chi connectivity index (χ3v) is 8.72. The Labute approximate surface area is 215 Å². The number of anilines is 1. The molecule has 3 fully saturated rings. The summed E-state index contributed by atoms with van der Waals surface area (Å²) in [7, 11) is 0. The highest BCUT2D eigenvalue weighted by molar-refractivity contribution is 5.81. The molecule has 1 saturated carbocycles. The lowest BCUT2D eigenvalue weighted by Gasteiger charge is -2.47. The van der Waals surface area contributed by atoms with E-state index in [-0.39, 0.29) is 5.54 Å². The first kappa shape index (κ1) is 23.7. The zero-order chi connectivity index (χ0) is 24.9. The average molecular weight is 489 g/mol. The maximum atomic E-state index is 12.5. The van der Waals surface area contributed by atoms with E-state index in [4.69, 9.17) is 0 Å². The number of aromatic nitrogens is 1. The van der Waals surface area contributed by atoms with E-state index < -0.39 is 0 Å². The maximum absolute atomic E-state index is 12.5. The normalized spacial score (nSPS) is 24.7. The van der Waals surface area contributed by atoms with E-state index in [1.165, 1.54) is 22.5 Å². The van der Waals surface area contributed by atoms with Gasteiger partial charge in [0.05, 0.1) is 11.7 Å². The van der Waals surface area contributed by atoms with Gasteiger partial charge in [0.15, 0.2) is 0 Å². The molecule has 7 nitrogen and oxygen atoms in total. The topological polar surface area (TPSA) is 47.3 Å². The quantitative estimate of drug-likeness (QED) is 0.640. The highest BCUT2D eigenvalue weighted by Gasteiger charge is 2.36. The first-order valence-electron chi connectivity index (χ1n) is 13.8. The summed E-state index contributed by atoms with van der Waals surface area (Å²) < 4.78 is 2.06. The van der Waals surface area contributed by atoms with Gasteiger partial charge in [-0.1, -0.05) is 19.1 Å². The van der Waals surface area contributed by atoms with Gasteiger partial charge >= 0.3 is 0 Å². The van der Waals surface area contributed by atoms with Gasteiger partial charge in [0, 0.05) is 87.4 Å². The molecule has 1 atom stereocenters. The molecule has 0 radical (unpaired) electrons. The van der Waals surface area contributed by atoms with Crippen molar-refractivity contribution in [2.24, 2.45) is 11.0 Å². The molecule has 1 amide bonds. The Balaban J connectivity index is 1.14. The van der Waals surface area contributed by atoms with Crippen LogP contribution in [0.2, 0.25) is 0 Å². The van der Waals surface area contributed by atoms with Gasteiger partial charge in [0.25, 0.3) is 0 Å². The minimum absolute atomic E-state index is 0.191. The smallest absolute Gasteiger partial charge is 0.225 e. The number of carbonyl (C=O) groups excluding carboxylic acids is 1. The van der Waals surface area contributed by atoms with E-state index in [1.807, 2.05) is 6.21 Å². The monoisotopic (exact) mass is 488 g/mol. The number of nitrogens with zero attached hydrogens (tertiary/aromatic N) is 6. The third-order valence-electron chi connectivity index (χ3n) is 8.72. The molecule has 0 N–H and O–H groups in total. The van der Waals surface area contributed by atoms with Gasteiger partial charge in [-0.15, -0.1) is 0 Å². The number of hydrogen-bond donors (Lipinski definition) is 0. The Morgan fingerprint density at radius 2 is 1.75 bits per heavy atom. The van der Waals surface area contributed by atoms with Gasteiger partial charge in [-0.25, -0.2) is 4.68 Å². The van der Waals surface area contributed by atoms with Crippen molar-refractivity contribution in [3.63, 3.8) is 0 Å². The molecule has 3 aliphatic heterocycles. The van der Waals surface area contributed by atoms with Crippen molar-refractivity contribution < 1.29 is 4.79 Å². The molecule has 1 aromatic heterocycles. The van der Waals surface area contributed by atoms with Crippen molar-refractivity contribution in [1.82, 2.24) is 19.4 Å². The van der Waals surface area contributed by atoms with Crippen LogP contribution in [0.5, 0.6) is 0 Å². The largest absolute Gasteiger partial charge is 0.368 e. The van der Waals surface area contributed by atoms with Crippen LogP contribution in [-0.4, -0.2) is 89.4 Å². The summed E-state index contributed by atoms with van der Waals surface area (Å²) in [5.74, 6) is 0.696. The van der Waals surface area contributed by atoms with E-state index in [0.29, 0.717) is 17.9 Å². The van der Waals surface area contributed by atoms with Crippen LogP contribution >= 0.6 is 0 Å². The highest BCUT2D eigenvalue weighted by Crippen LogP contribution is 2.35. The van der Waals surface area contributed by atoms with E-state index in [2.05, 4.69) is 86.7 Å². The second-order valence-corrected chi connectivity index (χ2v) is 11.5. The van der Waals surface area contributed by atoms with Crippen LogP contribution in [0.15, 0.2) is 41.6 Å². The fourth-order valence-corrected chi connectivity index (χ4v) is 6.37. The number of hydrogen-bond acceptors (Lipinski definition) is 5. The van der Waals surface area contributed by atoms with E-state index in [9.17, 15) is 4.79 Å². The Hall–Kier alpha value is -2.64. The molecule has 6 rings (SSSR count). The molecule has 0 spiro atoms. The van der Waals surface area contributed by atoms with Crippen LogP contribution in [0.1, 0.15) is 51.8 Å². The standard InChI is InChI=1S/C29H40N6O/c1-4-34-18-17-33(21-29(34,2)3)25-9-7-22(8-10-25)24-19-27-26(11-12-30-35(27)20-24)31-13-15-32(16-14-31)28(36)23-5-6-23/h7-10,12,19-20,23,26H,4-6,11,13-18,21H2,1-3H3. The van der Waals surface area contributed by atoms with Crippen molar-refractivity contribution in [1.29, 1.82) is 0 Å². The second kappa shape index (κ2) is 9.34. The number of piperazine rings is 2. The minimum Gasteiger partial charge on any atom is -0.368 e. The van der Waals surface area contributed by atoms with E-state index in [1.54, 1.807) is 0 Å². The lowest BCUT2D eigenvalue weighted by molar-refractivity contribution is -0.134. The van der Waals surface area contributed by atoms with Crippen LogP contribution in [0.3, 0.4) is 0 Å². The lowest BCUT2D eigenvalue weighted by atomic mass is 9.98. The Kier molecular flexibility index (Phi) is 6.16. The van der Waals surface area contributed by atoms with Crippen LogP contribution in [0.25, 0.3) is 11.1 Å². The summed E-state index contributed by atoms with van der Waals surface area (Å²) in [6, 6.07) is 11.7. The third kappa shape index (κ3) is 4.48. The SMILES string of the molecule is CCN1CCN(c2ccc(-c3cc4n(c3)N=CCC4N3CCN(C(=O)C4CC4)CC3)cc2)CC1(C)C. The number of benzene rings is 1. The summed E-state index contributed by atoms with van der Waals surface area (Å²) in [5.41, 5.74) is 5.22. The van der Waals surface area contributed by atoms with Crippen molar-refractivity contribution >= 4 is 17.8 Å². The molecular weight excluding hydrogens is 448 g/mol. The van der Waals surface area contributed by atoms with Crippen molar-refractivity contribution in [2.75, 3.05) is 57.3 Å². The van der Waals surface area contributed by atoms with Gasteiger partial charge in [0.2, 0.25) is 5.91 Å². The first-order valence-corrected chi connectivity index (χ1v) is 13.8. The molecule has 4 heterocycles. The molecule has 2 aromatic rings. The minimum atomic E-state index is 0.191. The number of rotatable bonds is 5. The molecule has 1 aromatic carbocycles. The predicted molar refractivity (Wildman–Crippen MR) is 146 cm³/mol. The fraction of sp³-hybridized carbons (Fsp3) is 0.586. The van der Waals surface area contributed by atoms with Crippen molar-refractivity contribution in [2.45, 2.75) is 51.6 Å². The summed E-state index contributed by atoms with van der Waals surface area (Å²) in [4.78, 5) is 22.2. The van der Waals surface area contributed by atoms with Gasteiger partial charge in [-0.2, -0.15) is 5.10 Å². The summed E-state index contributed by atoms with van der Waals surface area (Å²) >= 11 is 0. The highest BCUT2D eigenvalue weighted by atomic mass is 16.2. The average Bonchev–Trinajstić information content (AvgIpc) is 3.65. The lowest BCUT2D eigenvalue weighted by Crippen LogP contribution is -2.59. The predicted octanol–water partition coefficient (Wildman–Crippen LogP) is 3.91. The number of fused-ring (bicyclic) bond motifs is 1.